The van der Waals surface area contributed by atoms with Gasteiger partial charge in [-0.15, -0.1) is 0 Å². The standard InChI is InChI=1S/C7H12O4/c1-10-7(9)6-3-2-5(4-8)11-6/h5-6,8H,2-4H2,1H3/t5-,6+/m1/s1. The Morgan fingerprint density at radius 3 is 2.91 bits per heavy atom. The summed E-state index contributed by atoms with van der Waals surface area (Å²) in [6, 6.07) is 0. The van der Waals surface area contributed by atoms with Crippen molar-refractivity contribution in [3.8, 4) is 0 Å². The summed E-state index contributed by atoms with van der Waals surface area (Å²) in [5.74, 6) is -0.346. The van der Waals surface area contributed by atoms with Gasteiger partial charge in [-0.05, 0) is 12.8 Å². The van der Waals surface area contributed by atoms with E-state index in [1.165, 1.54) is 7.11 Å². The van der Waals surface area contributed by atoms with Crippen LogP contribution in [0.25, 0.3) is 0 Å². The van der Waals surface area contributed by atoms with Crippen LogP contribution in [-0.2, 0) is 14.3 Å². The SMILES string of the molecule is COC(=O)[C@@H]1CC[C@H](CO)O1. The third-order valence-corrected chi connectivity index (χ3v) is 1.78. The van der Waals surface area contributed by atoms with Gasteiger partial charge in [0.15, 0.2) is 6.10 Å². The van der Waals surface area contributed by atoms with Crippen molar-refractivity contribution >= 4 is 5.97 Å². The van der Waals surface area contributed by atoms with Gasteiger partial charge in [0.25, 0.3) is 0 Å². The molecule has 0 unspecified atom stereocenters. The predicted octanol–water partition coefficient (Wildman–Crippen LogP) is -0.301. The maximum Gasteiger partial charge on any atom is 0.334 e. The zero-order valence-corrected chi connectivity index (χ0v) is 6.45. The van der Waals surface area contributed by atoms with E-state index >= 15 is 0 Å². The highest BCUT2D eigenvalue weighted by atomic mass is 16.6. The molecule has 2 atom stereocenters. The van der Waals surface area contributed by atoms with Gasteiger partial charge < -0.3 is 14.6 Å². The molecule has 0 aliphatic carbocycles. The first-order valence-electron chi connectivity index (χ1n) is 3.62. The molecule has 0 bridgehead atoms. The number of carbonyl (C=O) groups excluding carboxylic acids is 1. The molecule has 1 heterocycles. The maximum absolute atomic E-state index is 10.8. The summed E-state index contributed by atoms with van der Waals surface area (Å²) in [5, 5.41) is 8.66. The van der Waals surface area contributed by atoms with E-state index in [-0.39, 0.29) is 18.7 Å². The van der Waals surface area contributed by atoms with Gasteiger partial charge in [0.05, 0.1) is 19.8 Å². The van der Waals surface area contributed by atoms with Crippen LogP contribution >= 0.6 is 0 Å². The third kappa shape index (κ3) is 1.91. The number of ether oxygens (including phenoxy) is 2. The molecule has 1 aliphatic heterocycles. The molecule has 4 nitrogen and oxygen atoms in total. The normalized spacial score (nSPS) is 30.4. The molecule has 0 aromatic carbocycles. The van der Waals surface area contributed by atoms with Crippen LogP contribution in [0.15, 0.2) is 0 Å². The Balaban J connectivity index is 2.35. The highest BCUT2D eigenvalue weighted by Crippen LogP contribution is 2.19. The lowest BCUT2D eigenvalue weighted by Crippen LogP contribution is -2.23. The van der Waals surface area contributed by atoms with Crippen LogP contribution in [0.4, 0.5) is 0 Å². The molecular formula is C7H12O4. The van der Waals surface area contributed by atoms with E-state index in [4.69, 9.17) is 9.84 Å². The second kappa shape index (κ2) is 3.69. The minimum absolute atomic E-state index is 0.0203. The lowest BCUT2D eigenvalue weighted by Gasteiger charge is -2.08. The van der Waals surface area contributed by atoms with E-state index < -0.39 is 6.10 Å². The molecule has 11 heavy (non-hydrogen) atoms. The van der Waals surface area contributed by atoms with E-state index in [1.54, 1.807) is 0 Å². The van der Waals surface area contributed by atoms with Crippen LogP contribution in [0, 0.1) is 0 Å². The van der Waals surface area contributed by atoms with E-state index in [1.807, 2.05) is 0 Å². The molecule has 1 saturated heterocycles. The zero-order valence-electron chi connectivity index (χ0n) is 6.45. The Morgan fingerprint density at radius 1 is 1.73 bits per heavy atom. The van der Waals surface area contributed by atoms with Crippen molar-refractivity contribution in [1.29, 1.82) is 0 Å². The van der Waals surface area contributed by atoms with Gasteiger partial charge in [0, 0.05) is 0 Å². The Kier molecular flexibility index (Phi) is 2.84. The predicted molar refractivity (Wildman–Crippen MR) is 37.0 cm³/mol. The van der Waals surface area contributed by atoms with Crippen molar-refractivity contribution in [2.24, 2.45) is 0 Å². The minimum Gasteiger partial charge on any atom is -0.467 e. The number of esters is 1. The van der Waals surface area contributed by atoms with Crippen molar-refractivity contribution in [1.82, 2.24) is 0 Å². The summed E-state index contributed by atoms with van der Waals surface area (Å²) in [4.78, 5) is 10.8. The van der Waals surface area contributed by atoms with E-state index in [2.05, 4.69) is 4.74 Å². The molecule has 0 spiro atoms. The summed E-state index contributed by atoms with van der Waals surface area (Å²) in [6.45, 7) is -0.0203. The van der Waals surface area contributed by atoms with Gasteiger partial charge in [-0.25, -0.2) is 4.79 Å². The molecule has 0 amide bonds. The largest absolute Gasteiger partial charge is 0.467 e. The Bertz CT molecular complexity index is 145. The fourth-order valence-corrected chi connectivity index (χ4v) is 1.14. The molecule has 1 aliphatic rings. The second-order valence-corrected chi connectivity index (χ2v) is 2.53. The smallest absolute Gasteiger partial charge is 0.334 e. The zero-order chi connectivity index (χ0) is 8.27. The van der Waals surface area contributed by atoms with Crippen LogP contribution in [0.2, 0.25) is 0 Å². The van der Waals surface area contributed by atoms with Gasteiger partial charge in [-0.1, -0.05) is 0 Å². The Morgan fingerprint density at radius 2 is 2.45 bits per heavy atom. The number of aliphatic hydroxyl groups is 1. The van der Waals surface area contributed by atoms with Crippen LogP contribution < -0.4 is 0 Å². The molecule has 4 heteroatoms. The summed E-state index contributed by atoms with van der Waals surface area (Å²) in [6.07, 6.45) is 0.741. The van der Waals surface area contributed by atoms with Crippen molar-refractivity contribution in [3.05, 3.63) is 0 Å². The molecule has 0 aromatic rings. The first-order chi connectivity index (χ1) is 5.27. The number of hydrogen-bond donors (Lipinski definition) is 1. The number of hydrogen-bond acceptors (Lipinski definition) is 4. The van der Waals surface area contributed by atoms with Crippen LogP contribution in [0.3, 0.4) is 0 Å². The number of aliphatic hydroxyl groups excluding tert-OH is 1. The third-order valence-electron chi connectivity index (χ3n) is 1.78. The van der Waals surface area contributed by atoms with Gasteiger partial charge in [-0.3, -0.25) is 0 Å². The highest BCUT2D eigenvalue weighted by Gasteiger charge is 2.30. The minimum atomic E-state index is -0.461. The van der Waals surface area contributed by atoms with E-state index in [0.717, 1.165) is 6.42 Å². The number of rotatable bonds is 2. The maximum atomic E-state index is 10.8. The Hall–Kier alpha value is -0.610. The summed E-state index contributed by atoms with van der Waals surface area (Å²) >= 11 is 0. The fourth-order valence-electron chi connectivity index (χ4n) is 1.14. The van der Waals surface area contributed by atoms with Crippen molar-refractivity contribution in [2.45, 2.75) is 25.0 Å². The molecule has 1 N–H and O–H groups in total. The van der Waals surface area contributed by atoms with Crippen LogP contribution in [0.1, 0.15) is 12.8 Å². The summed E-state index contributed by atoms with van der Waals surface area (Å²) in [5.41, 5.74) is 0. The summed E-state index contributed by atoms with van der Waals surface area (Å²) in [7, 11) is 1.33. The highest BCUT2D eigenvalue weighted by molar-refractivity contribution is 5.74. The molecule has 1 rings (SSSR count). The first-order valence-corrected chi connectivity index (χ1v) is 3.62. The molecule has 0 aromatic heterocycles. The molecule has 0 radical (unpaired) electrons. The Labute approximate surface area is 65.1 Å². The van der Waals surface area contributed by atoms with Crippen LogP contribution in [0.5, 0.6) is 0 Å². The molecule has 64 valence electrons. The number of carbonyl (C=O) groups is 1. The lowest BCUT2D eigenvalue weighted by atomic mass is 10.2. The van der Waals surface area contributed by atoms with Gasteiger partial charge in [-0.2, -0.15) is 0 Å². The first kappa shape index (κ1) is 8.49. The van der Waals surface area contributed by atoms with Gasteiger partial charge in [0.2, 0.25) is 0 Å². The average molecular weight is 160 g/mol. The van der Waals surface area contributed by atoms with Crippen molar-refractivity contribution < 1.29 is 19.4 Å². The van der Waals surface area contributed by atoms with Gasteiger partial charge in [0.1, 0.15) is 0 Å². The molecular weight excluding hydrogens is 148 g/mol. The van der Waals surface area contributed by atoms with Crippen molar-refractivity contribution in [2.75, 3.05) is 13.7 Å². The monoisotopic (exact) mass is 160 g/mol. The second-order valence-electron chi connectivity index (χ2n) is 2.53. The lowest BCUT2D eigenvalue weighted by molar-refractivity contribution is -0.153. The van der Waals surface area contributed by atoms with Crippen LogP contribution in [-0.4, -0.2) is 37.0 Å². The van der Waals surface area contributed by atoms with E-state index in [9.17, 15) is 4.79 Å². The quantitative estimate of drug-likeness (QED) is 0.563. The topological polar surface area (TPSA) is 55.8 Å². The number of methoxy groups -OCH3 is 1. The fraction of sp³-hybridized carbons (Fsp3) is 0.857. The summed E-state index contributed by atoms with van der Waals surface area (Å²) < 4.78 is 9.62. The average Bonchev–Trinajstić information content (AvgIpc) is 2.50. The molecule has 0 saturated carbocycles. The molecule has 1 fully saturated rings. The van der Waals surface area contributed by atoms with E-state index in [0.29, 0.717) is 6.42 Å². The van der Waals surface area contributed by atoms with Gasteiger partial charge >= 0.3 is 5.97 Å². The van der Waals surface area contributed by atoms with Crippen molar-refractivity contribution in [3.63, 3.8) is 0 Å².